The smallest absolute Gasteiger partial charge is 0.123 e. The van der Waals surface area contributed by atoms with E-state index < -0.39 is 0 Å². The number of anilines is 1. The molecule has 0 saturated carbocycles. The van der Waals surface area contributed by atoms with Crippen molar-refractivity contribution in [2.45, 2.75) is 19.9 Å². The first-order valence-corrected chi connectivity index (χ1v) is 6.42. The van der Waals surface area contributed by atoms with Crippen molar-refractivity contribution in [1.82, 2.24) is 14.5 Å². The number of hydrogen-bond acceptors (Lipinski definition) is 3. The summed E-state index contributed by atoms with van der Waals surface area (Å²) in [4.78, 5) is 8.83. The summed E-state index contributed by atoms with van der Waals surface area (Å²) in [6, 6.07) is 12.0. The fraction of sp³-hybridized carbons (Fsp3) is 0.200. The molecule has 4 heteroatoms. The Morgan fingerprint density at radius 1 is 1.16 bits per heavy atom. The third-order valence-electron chi connectivity index (χ3n) is 3.26. The van der Waals surface area contributed by atoms with Crippen molar-refractivity contribution < 1.29 is 0 Å². The Hall–Kier alpha value is -2.36. The standard InChI is InChI=1S/C15H16N4/c1-2-19-13-6-4-3-5-12(13)18-15(19)9-11-7-8-14(16)17-10-11/h3-8,10H,2,9H2,1H3,(H2,16,17). The number of fused-ring (bicyclic) bond motifs is 1. The third kappa shape index (κ3) is 2.17. The van der Waals surface area contributed by atoms with E-state index in [4.69, 9.17) is 10.7 Å². The topological polar surface area (TPSA) is 56.7 Å². The van der Waals surface area contributed by atoms with Gasteiger partial charge in [0, 0.05) is 19.2 Å². The van der Waals surface area contributed by atoms with Crippen LogP contribution >= 0.6 is 0 Å². The summed E-state index contributed by atoms with van der Waals surface area (Å²) in [6.07, 6.45) is 2.59. The maximum Gasteiger partial charge on any atom is 0.123 e. The normalized spacial score (nSPS) is 11.0. The third-order valence-corrected chi connectivity index (χ3v) is 3.26. The molecule has 96 valence electrons. The first kappa shape index (κ1) is 11.7. The van der Waals surface area contributed by atoms with Crippen molar-refractivity contribution in [3.05, 3.63) is 54.0 Å². The molecule has 0 atom stereocenters. The van der Waals surface area contributed by atoms with Gasteiger partial charge in [0.2, 0.25) is 0 Å². The summed E-state index contributed by atoms with van der Waals surface area (Å²) in [6.45, 7) is 3.05. The highest BCUT2D eigenvalue weighted by atomic mass is 15.1. The number of nitrogens with zero attached hydrogens (tertiary/aromatic N) is 3. The van der Waals surface area contributed by atoms with E-state index in [2.05, 4.69) is 22.5 Å². The van der Waals surface area contributed by atoms with Crippen molar-refractivity contribution in [3.63, 3.8) is 0 Å². The number of aryl methyl sites for hydroxylation is 1. The molecule has 0 saturated heterocycles. The molecule has 0 unspecified atom stereocenters. The van der Waals surface area contributed by atoms with Gasteiger partial charge in [-0.1, -0.05) is 18.2 Å². The lowest BCUT2D eigenvalue weighted by Crippen LogP contribution is -2.03. The molecule has 1 aromatic carbocycles. The van der Waals surface area contributed by atoms with Gasteiger partial charge < -0.3 is 10.3 Å². The quantitative estimate of drug-likeness (QED) is 0.779. The Bertz CT molecular complexity index is 698. The zero-order valence-electron chi connectivity index (χ0n) is 10.9. The lowest BCUT2D eigenvalue weighted by Gasteiger charge is -2.06. The molecule has 2 N–H and O–H groups in total. The second kappa shape index (κ2) is 4.72. The number of imidazole rings is 1. The Morgan fingerprint density at radius 3 is 2.74 bits per heavy atom. The van der Waals surface area contributed by atoms with Gasteiger partial charge in [0.25, 0.3) is 0 Å². The maximum absolute atomic E-state index is 5.61. The molecule has 0 amide bonds. The fourth-order valence-corrected chi connectivity index (χ4v) is 2.34. The minimum absolute atomic E-state index is 0.549. The average molecular weight is 252 g/mol. The van der Waals surface area contributed by atoms with Gasteiger partial charge >= 0.3 is 0 Å². The number of para-hydroxylation sites is 2. The number of hydrogen-bond donors (Lipinski definition) is 1. The van der Waals surface area contributed by atoms with Crippen LogP contribution in [0.4, 0.5) is 5.82 Å². The zero-order chi connectivity index (χ0) is 13.2. The van der Waals surface area contributed by atoms with Crippen LogP contribution in [0, 0.1) is 0 Å². The molecule has 0 aliphatic carbocycles. The predicted molar refractivity (Wildman–Crippen MR) is 76.9 cm³/mol. The number of pyridine rings is 1. The molecule has 3 aromatic rings. The number of nitrogens with two attached hydrogens (primary N) is 1. The Labute approximate surface area is 111 Å². The highest BCUT2D eigenvalue weighted by molar-refractivity contribution is 5.76. The van der Waals surface area contributed by atoms with E-state index in [0.29, 0.717) is 5.82 Å². The van der Waals surface area contributed by atoms with E-state index in [9.17, 15) is 0 Å². The Balaban J connectivity index is 2.02. The molecule has 4 nitrogen and oxygen atoms in total. The van der Waals surface area contributed by atoms with Gasteiger partial charge in [-0.25, -0.2) is 9.97 Å². The van der Waals surface area contributed by atoms with Crippen molar-refractivity contribution >= 4 is 16.9 Å². The highest BCUT2D eigenvalue weighted by Gasteiger charge is 2.09. The maximum atomic E-state index is 5.61. The number of benzene rings is 1. The van der Waals surface area contributed by atoms with Gasteiger partial charge in [0.15, 0.2) is 0 Å². The Kier molecular flexibility index (Phi) is 2.91. The lowest BCUT2D eigenvalue weighted by atomic mass is 10.2. The average Bonchev–Trinajstić information content (AvgIpc) is 2.78. The Morgan fingerprint density at radius 2 is 2.00 bits per heavy atom. The van der Waals surface area contributed by atoms with Crippen LogP contribution in [-0.4, -0.2) is 14.5 Å². The van der Waals surface area contributed by atoms with Gasteiger partial charge in [-0.05, 0) is 30.7 Å². The minimum atomic E-state index is 0.549. The van der Waals surface area contributed by atoms with Crippen LogP contribution in [0.1, 0.15) is 18.3 Å². The molecule has 0 aliphatic rings. The van der Waals surface area contributed by atoms with Crippen LogP contribution < -0.4 is 5.73 Å². The van der Waals surface area contributed by atoms with Gasteiger partial charge in [0.1, 0.15) is 11.6 Å². The molecule has 0 bridgehead atoms. The number of rotatable bonds is 3. The van der Waals surface area contributed by atoms with Crippen molar-refractivity contribution in [3.8, 4) is 0 Å². The first-order chi connectivity index (χ1) is 9.28. The predicted octanol–water partition coefficient (Wildman–Crippen LogP) is 2.62. The lowest BCUT2D eigenvalue weighted by molar-refractivity contribution is 0.733. The molecule has 0 radical (unpaired) electrons. The minimum Gasteiger partial charge on any atom is -0.384 e. The molecule has 2 aromatic heterocycles. The van der Waals surface area contributed by atoms with Crippen LogP contribution in [0.3, 0.4) is 0 Å². The highest BCUT2D eigenvalue weighted by Crippen LogP contribution is 2.18. The molecule has 3 rings (SSSR count). The van der Waals surface area contributed by atoms with E-state index in [0.717, 1.165) is 29.9 Å². The monoisotopic (exact) mass is 252 g/mol. The van der Waals surface area contributed by atoms with E-state index in [-0.39, 0.29) is 0 Å². The molecule has 2 heterocycles. The van der Waals surface area contributed by atoms with Crippen LogP contribution in [0.15, 0.2) is 42.6 Å². The van der Waals surface area contributed by atoms with Crippen LogP contribution in [-0.2, 0) is 13.0 Å². The first-order valence-electron chi connectivity index (χ1n) is 6.42. The largest absolute Gasteiger partial charge is 0.384 e. The van der Waals surface area contributed by atoms with Gasteiger partial charge in [-0.3, -0.25) is 0 Å². The summed E-state index contributed by atoms with van der Waals surface area (Å²) in [5, 5.41) is 0. The molecule has 0 fully saturated rings. The molecule has 19 heavy (non-hydrogen) atoms. The van der Waals surface area contributed by atoms with Crippen LogP contribution in [0.5, 0.6) is 0 Å². The molecule has 0 aliphatic heterocycles. The van der Waals surface area contributed by atoms with Crippen molar-refractivity contribution in [1.29, 1.82) is 0 Å². The second-order valence-corrected chi connectivity index (χ2v) is 4.53. The van der Waals surface area contributed by atoms with Gasteiger partial charge in [0.05, 0.1) is 11.0 Å². The van der Waals surface area contributed by atoms with E-state index in [1.807, 2.05) is 36.5 Å². The summed E-state index contributed by atoms with van der Waals surface area (Å²) in [5.41, 5.74) is 8.96. The number of nitrogen functional groups attached to an aromatic ring is 1. The SMILES string of the molecule is CCn1c(Cc2ccc(N)nc2)nc2ccccc21. The summed E-state index contributed by atoms with van der Waals surface area (Å²) in [7, 11) is 0. The van der Waals surface area contributed by atoms with Crippen molar-refractivity contribution in [2.75, 3.05) is 5.73 Å². The zero-order valence-corrected chi connectivity index (χ0v) is 10.9. The molecule has 0 spiro atoms. The fourth-order valence-electron chi connectivity index (χ4n) is 2.34. The molecular formula is C15H16N4. The summed E-state index contributed by atoms with van der Waals surface area (Å²) < 4.78 is 2.24. The van der Waals surface area contributed by atoms with Crippen molar-refractivity contribution in [2.24, 2.45) is 0 Å². The molecular weight excluding hydrogens is 236 g/mol. The summed E-state index contributed by atoms with van der Waals surface area (Å²) >= 11 is 0. The van der Waals surface area contributed by atoms with Gasteiger partial charge in [-0.2, -0.15) is 0 Å². The van der Waals surface area contributed by atoms with Gasteiger partial charge in [-0.15, -0.1) is 0 Å². The summed E-state index contributed by atoms with van der Waals surface area (Å²) in [5.74, 6) is 1.61. The second-order valence-electron chi connectivity index (χ2n) is 4.53. The van der Waals surface area contributed by atoms with E-state index >= 15 is 0 Å². The van der Waals surface area contributed by atoms with Crippen LogP contribution in [0.2, 0.25) is 0 Å². The van der Waals surface area contributed by atoms with E-state index in [1.54, 1.807) is 0 Å². The van der Waals surface area contributed by atoms with Crippen LogP contribution in [0.25, 0.3) is 11.0 Å². The number of aromatic nitrogens is 3. The van der Waals surface area contributed by atoms with E-state index in [1.165, 1.54) is 5.52 Å².